The molecule has 0 atom stereocenters. The summed E-state index contributed by atoms with van der Waals surface area (Å²) in [6, 6.07) is 0. The molecule has 1 nitrogen and oxygen atoms in total. The summed E-state index contributed by atoms with van der Waals surface area (Å²) in [7, 11) is 5.02. The lowest BCUT2D eigenvalue weighted by Gasteiger charge is -1.92. The van der Waals surface area contributed by atoms with Gasteiger partial charge in [0.1, 0.15) is 0 Å². The fourth-order valence-corrected chi connectivity index (χ4v) is 0.477. The molecule has 0 aromatic rings. The summed E-state index contributed by atoms with van der Waals surface area (Å²) in [5, 5.41) is 2.60. The third-order valence-electron chi connectivity index (χ3n) is 0.925. The predicted octanol–water partition coefficient (Wildman–Crippen LogP) is 1.43. The van der Waals surface area contributed by atoms with Crippen LogP contribution in [0.2, 0.25) is 0 Å². The van der Waals surface area contributed by atoms with Crippen LogP contribution in [0.5, 0.6) is 0 Å². The van der Waals surface area contributed by atoms with Crippen molar-refractivity contribution < 1.29 is 0 Å². The Labute approximate surface area is 46.1 Å². The van der Waals surface area contributed by atoms with Crippen LogP contribution in [0, 0.1) is 7.05 Å². The van der Waals surface area contributed by atoms with Crippen molar-refractivity contribution in [3.8, 4) is 0 Å². The van der Waals surface area contributed by atoms with E-state index in [0.29, 0.717) is 0 Å². The summed E-state index contributed by atoms with van der Waals surface area (Å²) in [4.78, 5) is 0. The van der Waals surface area contributed by atoms with E-state index in [4.69, 9.17) is 7.05 Å². The molecule has 0 unspecified atom stereocenters. The first-order valence-corrected chi connectivity index (χ1v) is 2.85. The molecule has 1 heteroatoms. The lowest BCUT2D eigenvalue weighted by molar-refractivity contribution is 0.681. The number of nitrogens with one attached hydrogen (secondary N) is 1. The Hall–Kier alpha value is -0.0400. The largest absolute Gasteiger partial charge is 0.311 e. The zero-order valence-corrected chi connectivity index (χ0v) is 4.91. The van der Waals surface area contributed by atoms with E-state index in [2.05, 4.69) is 12.2 Å². The number of hydrogen-bond acceptors (Lipinski definition) is 1. The van der Waals surface area contributed by atoms with Gasteiger partial charge in [0, 0.05) is 7.05 Å². The van der Waals surface area contributed by atoms with Gasteiger partial charge in [-0.15, -0.1) is 0 Å². The first kappa shape index (κ1) is 6.96. The molecule has 1 N–H and O–H groups in total. The molecule has 0 amide bonds. The number of rotatable bonds is 4. The number of hydrogen-bond donors (Lipinski definition) is 1. The van der Waals surface area contributed by atoms with Gasteiger partial charge in [0.15, 0.2) is 0 Å². The topological polar surface area (TPSA) is 12.0 Å². The first-order chi connectivity index (χ1) is 3.41. The zero-order chi connectivity index (χ0) is 5.54. The van der Waals surface area contributed by atoms with Crippen molar-refractivity contribution in [3.63, 3.8) is 0 Å². The van der Waals surface area contributed by atoms with Crippen LogP contribution in [0.3, 0.4) is 0 Å². The Morgan fingerprint density at radius 2 is 2.14 bits per heavy atom. The van der Waals surface area contributed by atoms with Gasteiger partial charge in [-0.3, -0.25) is 0 Å². The monoisotopic (exact) mass is 99.1 g/mol. The minimum atomic E-state index is 0.952. The Balaban J connectivity index is 2.45. The van der Waals surface area contributed by atoms with Crippen molar-refractivity contribution in [2.75, 3.05) is 6.54 Å². The standard InChI is InChI=1S/C6H13N/c1-3-4-5-6-7-2/h2,7H,3-6H2,1H3. The average molecular weight is 99.2 g/mol. The highest BCUT2D eigenvalue weighted by Crippen LogP contribution is 1.89. The Morgan fingerprint density at radius 1 is 1.43 bits per heavy atom. The minimum absolute atomic E-state index is 0.952. The highest BCUT2D eigenvalue weighted by Gasteiger charge is 1.79. The van der Waals surface area contributed by atoms with Crippen molar-refractivity contribution in [1.29, 1.82) is 0 Å². The molecule has 0 saturated carbocycles. The maximum absolute atomic E-state index is 5.02. The van der Waals surface area contributed by atoms with Crippen LogP contribution in [-0.4, -0.2) is 6.54 Å². The van der Waals surface area contributed by atoms with Gasteiger partial charge in [0.05, 0.1) is 0 Å². The Bertz CT molecular complexity index is 23.4. The first-order valence-electron chi connectivity index (χ1n) is 2.85. The van der Waals surface area contributed by atoms with Crippen LogP contribution in [0.15, 0.2) is 0 Å². The minimum Gasteiger partial charge on any atom is -0.311 e. The Kier molecular flexibility index (Phi) is 5.93. The molecule has 0 rings (SSSR count). The zero-order valence-electron chi connectivity index (χ0n) is 4.91. The molecular weight excluding hydrogens is 86.1 g/mol. The van der Waals surface area contributed by atoms with Gasteiger partial charge in [-0.05, 0) is 13.0 Å². The van der Waals surface area contributed by atoms with Crippen LogP contribution >= 0.6 is 0 Å². The van der Waals surface area contributed by atoms with Crippen molar-refractivity contribution >= 4 is 0 Å². The normalized spacial score (nSPS) is 9.43. The maximum atomic E-state index is 5.02. The van der Waals surface area contributed by atoms with Crippen molar-refractivity contribution in [3.05, 3.63) is 7.05 Å². The predicted molar refractivity (Wildman–Crippen MR) is 31.8 cm³/mol. The molecule has 0 aliphatic rings. The molecule has 0 aliphatic heterocycles. The molecule has 0 heterocycles. The van der Waals surface area contributed by atoms with Crippen LogP contribution in [0.25, 0.3) is 0 Å². The molecule has 0 aromatic heterocycles. The molecular formula is C6H13N. The van der Waals surface area contributed by atoms with Gasteiger partial charge in [-0.1, -0.05) is 19.8 Å². The van der Waals surface area contributed by atoms with Gasteiger partial charge >= 0.3 is 0 Å². The van der Waals surface area contributed by atoms with Crippen LogP contribution < -0.4 is 5.32 Å². The second-order valence-corrected chi connectivity index (χ2v) is 1.66. The molecule has 0 aromatic carbocycles. The molecule has 42 valence electrons. The van der Waals surface area contributed by atoms with Gasteiger partial charge in [0.2, 0.25) is 0 Å². The summed E-state index contributed by atoms with van der Waals surface area (Å²) in [6.07, 6.45) is 3.75. The lowest BCUT2D eigenvalue weighted by atomic mass is 10.2. The van der Waals surface area contributed by atoms with Crippen molar-refractivity contribution in [1.82, 2.24) is 5.32 Å². The Morgan fingerprint density at radius 3 is 2.57 bits per heavy atom. The fraction of sp³-hybridized carbons (Fsp3) is 0.833. The van der Waals surface area contributed by atoms with Crippen molar-refractivity contribution in [2.45, 2.75) is 26.2 Å². The molecule has 0 spiro atoms. The smallest absolute Gasteiger partial charge is 0.0407 e. The van der Waals surface area contributed by atoms with Crippen molar-refractivity contribution in [2.24, 2.45) is 0 Å². The molecule has 0 aliphatic carbocycles. The lowest BCUT2D eigenvalue weighted by Crippen LogP contribution is -2.03. The van der Waals surface area contributed by atoms with Crippen LogP contribution in [0.1, 0.15) is 26.2 Å². The summed E-state index contributed by atoms with van der Waals surface area (Å²) in [6.45, 7) is 3.13. The highest BCUT2D eigenvalue weighted by atomic mass is 14.8. The van der Waals surface area contributed by atoms with E-state index >= 15 is 0 Å². The molecule has 2 radical (unpaired) electrons. The molecule has 0 fully saturated rings. The van der Waals surface area contributed by atoms with Gasteiger partial charge in [-0.25, -0.2) is 0 Å². The number of unbranched alkanes of at least 4 members (excludes halogenated alkanes) is 2. The maximum Gasteiger partial charge on any atom is 0.0407 e. The highest BCUT2D eigenvalue weighted by molar-refractivity contribution is 4.42. The van der Waals surface area contributed by atoms with Gasteiger partial charge in [-0.2, -0.15) is 0 Å². The van der Waals surface area contributed by atoms with E-state index in [1.165, 1.54) is 19.3 Å². The van der Waals surface area contributed by atoms with E-state index in [9.17, 15) is 0 Å². The summed E-state index contributed by atoms with van der Waals surface area (Å²) in [5.41, 5.74) is 0. The van der Waals surface area contributed by atoms with E-state index in [-0.39, 0.29) is 0 Å². The van der Waals surface area contributed by atoms with E-state index in [1.807, 2.05) is 0 Å². The fourth-order valence-electron chi connectivity index (χ4n) is 0.477. The second-order valence-electron chi connectivity index (χ2n) is 1.66. The van der Waals surface area contributed by atoms with Gasteiger partial charge < -0.3 is 5.32 Å². The third kappa shape index (κ3) is 5.96. The quantitative estimate of drug-likeness (QED) is 0.415. The van der Waals surface area contributed by atoms with Crippen LogP contribution in [0.4, 0.5) is 0 Å². The second kappa shape index (κ2) is 5.96. The third-order valence-corrected chi connectivity index (χ3v) is 0.925. The molecule has 7 heavy (non-hydrogen) atoms. The molecule has 0 bridgehead atoms. The van der Waals surface area contributed by atoms with Crippen LogP contribution in [-0.2, 0) is 0 Å². The van der Waals surface area contributed by atoms with E-state index < -0.39 is 0 Å². The average Bonchev–Trinajstić information content (AvgIpc) is 1.69. The SMILES string of the molecule is [CH]NCCCCC. The summed E-state index contributed by atoms with van der Waals surface area (Å²) >= 11 is 0. The molecule has 0 saturated heterocycles. The van der Waals surface area contributed by atoms with E-state index in [0.717, 1.165) is 6.54 Å². The van der Waals surface area contributed by atoms with Gasteiger partial charge in [0.25, 0.3) is 0 Å². The van der Waals surface area contributed by atoms with E-state index in [1.54, 1.807) is 0 Å². The summed E-state index contributed by atoms with van der Waals surface area (Å²) in [5.74, 6) is 0. The summed E-state index contributed by atoms with van der Waals surface area (Å²) < 4.78 is 0.